The quantitative estimate of drug-likeness (QED) is 0.403. The van der Waals surface area contributed by atoms with E-state index in [0.717, 1.165) is 23.0 Å². The van der Waals surface area contributed by atoms with Crippen LogP contribution < -0.4 is 5.32 Å². The van der Waals surface area contributed by atoms with Gasteiger partial charge in [0.1, 0.15) is 23.5 Å². The highest BCUT2D eigenvalue weighted by atomic mass is 32.2. The van der Waals surface area contributed by atoms with Crippen molar-refractivity contribution in [1.82, 2.24) is 19.3 Å². The van der Waals surface area contributed by atoms with E-state index < -0.39 is 5.82 Å². The van der Waals surface area contributed by atoms with Crippen molar-refractivity contribution < 1.29 is 13.6 Å². The lowest BCUT2D eigenvalue weighted by atomic mass is 10.2. The number of benzene rings is 2. The molecule has 0 aliphatic carbocycles. The number of aromatic nitrogens is 4. The molecule has 2 heterocycles. The zero-order valence-corrected chi connectivity index (χ0v) is 19.5. The molecule has 172 valence electrons. The Bertz CT molecular complexity index is 1420. The molecular weight excluding hydrogens is 458 g/mol. The van der Waals surface area contributed by atoms with E-state index in [2.05, 4.69) is 21.6 Å². The number of anilines is 1. The zero-order valence-electron chi connectivity index (χ0n) is 18.6. The summed E-state index contributed by atoms with van der Waals surface area (Å²) in [6.07, 6.45) is 0. The van der Waals surface area contributed by atoms with Crippen LogP contribution in [0.15, 0.2) is 53.7 Å². The van der Waals surface area contributed by atoms with Crippen LogP contribution in [0.25, 0.3) is 17.1 Å². The van der Waals surface area contributed by atoms with E-state index in [0.29, 0.717) is 33.6 Å². The van der Waals surface area contributed by atoms with Gasteiger partial charge in [-0.1, -0.05) is 23.9 Å². The molecule has 0 fully saturated rings. The summed E-state index contributed by atoms with van der Waals surface area (Å²) < 4.78 is 30.9. The molecule has 0 atom stereocenters. The van der Waals surface area contributed by atoms with Crippen molar-refractivity contribution in [3.05, 3.63) is 77.0 Å². The Hall–Kier alpha value is -3.97. The minimum absolute atomic E-state index is 0.0131. The Morgan fingerprint density at radius 3 is 2.50 bits per heavy atom. The van der Waals surface area contributed by atoms with Crippen molar-refractivity contribution in [1.29, 1.82) is 5.26 Å². The standard InChI is InChI=1S/C24H20F2N6OS/c1-14-15(2)32(17-10-8-16(25)9-11-17)22(19(14)12-27)28-21(33)13-34-24-30-29-23(31(24)3)18-6-4-5-7-20(18)26/h4-11H,13H2,1-3H3,(H,28,33). The van der Waals surface area contributed by atoms with Crippen LogP contribution in [0.2, 0.25) is 0 Å². The molecule has 0 saturated heterocycles. The fourth-order valence-electron chi connectivity index (χ4n) is 3.59. The molecule has 1 N–H and O–H groups in total. The minimum Gasteiger partial charge on any atom is -0.310 e. The number of thioether (sulfide) groups is 1. The van der Waals surface area contributed by atoms with Crippen molar-refractivity contribution in [3.8, 4) is 23.1 Å². The molecule has 34 heavy (non-hydrogen) atoms. The molecule has 0 aliphatic heterocycles. The number of hydrogen-bond donors (Lipinski definition) is 1. The molecular formula is C24H20F2N6OS. The summed E-state index contributed by atoms with van der Waals surface area (Å²) in [5, 5.41) is 21.1. The third kappa shape index (κ3) is 4.30. The molecule has 0 bridgehead atoms. The van der Waals surface area contributed by atoms with E-state index in [1.807, 2.05) is 6.92 Å². The van der Waals surface area contributed by atoms with E-state index in [4.69, 9.17) is 0 Å². The highest BCUT2D eigenvalue weighted by molar-refractivity contribution is 7.99. The van der Waals surface area contributed by atoms with Crippen LogP contribution in [0.3, 0.4) is 0 Å². The van der Waals surface area contributed by atoms with Crippen LogP contribution in [-0.4, -0.2) is 31.0 Å². The molecule has 1 amide bonds. The predicted molar refractivity (Wildman–Crippen MR) is 126 cm³/mol. The van der Waals surface area contributed by atoms with Gasteiger partial charge < -0.3 is 9.88 Å². The fraction of sp³-hybridized carbons (Fsp3) is 0.167. The number of hydrogen-bond acceptors (Lipinski definition) is 5. The molecule has 4 rings (SSSR count). The number of carbonyl (C=O) groups excluding carboxylic acids is 1. The van der Waals surface area contributed by atoms with Gasteiger partial charge in [-0.05, 0) is 55.8 Å². The molecule has 0 radical (unpaired) electrons. The summed E-state index contributed by atoms with van der Waals surface area (Å²) in [5.74, 6) is -0.502. The topological polar surface area (TPSA) is 88.5 Å². The van der Waals surface area contributed by atoms with Gasteiger partial charge in [0.15, 0.2) is 11.0 Å². The lowest BCUT2D eigenvalue weighted by Gasteiger charge is -2.13. The number of rotatable bonds is 6. The number of amides is 1. The van der Waals surface area contributed by atoms with Gasteiger partial charge in [0.25, 0.3) is 0 Å². The third-order valence-corrected chi connectivity index (χ3v) is 6.47. The first-order valence-corrected chi connectivity index (χ1v) is 11.2. The molecule has 7 nitrogen and oxygen atoms in total. The van der Waals surface area contributed by atoms with Crippen molar-refractivity contribution >= 4 is 23.5 Å². The maximum atomic E-state index is 14.1. The monoisotopic (exact) mass is 478 g/mol. The van der Waals surface area contributed by atoms with Gasteiger partial charge in [-0.25, -0.2) is 8.78 Å². The summed E-state index contributed by atoms with van der Waals surface area (Å²) in [7, 11) is 1.70. The lowest BCUT2D eigenvalue weighted by molar-refractivity contribution is -0.113. The summed E-state index contributed by atoms with van der Waals surface area (Å²) in [6.45, 7) is 3.62. The Balaban J connectivity index is 1.56. The summed E-state index contributed by atoms with van der Waals surface area (Å²) in [4.78, 5) is 12.8. The smallest absolute Gasteiger partial charge is 0.236 e. The number of nitriles is 1. The number of nitrogens with one attached hydrogen (secondary N) is 1. The van der Waals surface area contributed by atoms with Crippen molar-refractivity contribution in [2.75, 3.05) is 11.1 Å². The maximum Gasteiger partial charge on any atom is 0.236 e. The predicted octanol–water partition coefficient (Wildman–Crippen LogP) is 4.77. The molecule has 0 aliphatic rings. The van der Waals surface area contributed by atoms with Crippen LogP contribution in [0.5, 0.6) is 0 Å². The molecule has 4 aromatic rings. The van der Waals surface area contributed by atoms with Crippen LogP contribution in [0.1, 0.15) is 16.8 Å². The van der Waals surface area contributed by atoms with E-state index in [-0.39, 0.29) is 17.5 Å². The highest BCUT2D eigenvalue weighted by Crippen LogP contribution is 2.31. The summed E-state index contributed by atoms with van der Waals surface area (Å²) >= 11 is 1.14. The van der Waals surface area contributed by atoms with Crippen molar-refractivity contribution in [2.45, 2.75) is 19.0 Å². The Labute approximate surface area is 199 Å². The van der Waals surface area contributed by atoms with Crippen LogP contribution >= 0.6 is 11.8 Å². The van der Waals surface area contributed by atoms with Crippen molar-refractivity contribution in [2.24, 2.45) is 7.05 Å². The van der Waals surface area contributed by atoms with Gasteiger partial charge in [0.2, 0.25) is 5.91 Å². The first-order valence-electron chi connectivity index (χ1n) is 10.3. The first kappa shape index (κ1) is 23.2. The van der Waals surface area contributed by atoms with Gasteiger partial charge in [-0.3, -0.25) is 9.36 Å². The van der Waals surface area contributed by atoms with Crippen molar-refractivity contribution in [3.63, 3.8) is 0 Å². The average molecular weight is 479 g/mol. The second-order valence-corrected chi connectivity index (χ2v) is 8.48. The Morgan fingerprint density at radius 2 is 1.82 bits per heavy atom. The van der Waals surface area contributed by atoms with Crippen LogP contribution in [-0.2, 0) is 11.8 Å². The summed E-state index contributed by atoms with van der Waals surface area (Å²) in [6, 6.07) is 14.2. The number of halogens is 2. The van der Waals surface area contributed by atoms with E-state index >= 15 is 0 Å². The van der Waals surface area contributed by atoms with E-state index in [1.54, 1.807) is 53.4 Å². The lowest BCUT2D eigenvalue weighted by Crippen LogP contribution is -2.18. The molecule has 0 unspecified atom stereocenters. The Kier molecular flexibility index (Phi) is 6.47. The first-order chi connectivity index (χ1) is 16.3. The van der Waals surface area contributed by atoms with Crippen LogP contribution in [0, 0.1) is 36.8 Å². The maximum absolute atomic E-state index is 14.1. The van der Waals surface area contributed by atoms with Gasteiger partial charge >= 0.3 is 0 Å². The molecule has 2 aromatic carbocycles. The Morgan fingerprint density at radius 1 is 1.12 bits per heavy atom. The molecule has 0 saturated carbocycles. The van der Waals surface area contributed by atoms with Gasteiger partial charge in [0.05, 0.1) is 16.9 Å². The molecule has 2 aromatic heterocycles. The third-order valence-electron chi connectivity index (χ3n) is 5.45. The van der Waals surface area contributed by atoms with Gasteiger partial charge in [-0.15, -0.1) is 10.2 Å². The van der Waals surface area contributed by atoms with Crippen LogP contribution in [0.4, 0.5) is 14.6 Å². The summed E-state index contributed by atoms with van der Waals surface area (Å²) in [5.41, 5.74) is 2.75. The SMILES string of the molecule is Cc1c(C#N)c(NC(=O)CSc2nnc(-c3ccccc3F)n2C)n(-c2ccc(F)cc2)c1C. The second-order valence-electron chi connectivity index (χ2n) is 7.54. The molecule has 0 spiro atoms. The highest BCUT2D eigenvalue weighted by Gasteiger charge is 2.21. The average Bonchev–Trinajstić information content (AvgIpc) is 3.30. The molecule has 10 heteroatoms. The largest absolute Gasteiger partial charge is 0.310 e. The minimum atomic E-state index is -0.413. The zero-order chi connectivity index (χ0) is 24.4. The number of nitrogens with zero attached hydrogens (tertiary/aromatic N) is 5. The second kappa shape index (κ2) is 9.49. The van der Waals surface area contributed by atoms with E-state index in [9.17, 15) is 18.8 Å². The van der Waals surface area contributed by atoms with Gasteiger partial charge in [0, 0.05) is 18.4 Å². The van der Waals surface area contributed by atoms with Gasteiger partial charge in [-0.2, -0.15) is 5.26 Å². The number of carbonyl (C=O) groups is 1. The fourth-order valence-corrected chi connectivity index (χ4v) is 4.30. The van der Waals surface area contributed by atoms with E-state index in [1.165, 1.54) is 18.2 Å². The normalized spacial score (nSPS) is 10.8.